The molecule has 47 heavy (non-hydrogen) atoms. The van der Waals surface area contributed by atoms with E-state index in [4.69, 9.17) is 4.42 Å². The summed E-state index contributed by atoms with van der Waals surface area (Å²) >= 11 is -1.77. The van der Waals surface area contributed by atoms with Gasteiger partial charge in [0.25, 0.3) is 0 Å². The summed E-state index contributed by atoms with van der Waals surface area (Å²) < 4.78 is 7.84. The summed E-state index contributed by atoms with van der Waals surface area (Å²) in [5.41, 5.74) is 10.6. The van der Waals surface area contributed by atoms with Crippen molar-refractivity contribution in [1.82, 2.24) is 9.97 Å². The molecule has 7 rings (SSSR count). The first-order valence-electron chi connectivity index (χ1n) is 16.0. The van der Waals surface area contributed by atoms with E-state index < -0.39 is 13.3 Å². The zero-order chi connectivity index (χ0) is 32.3. The van der Waals surface area contributed by atoms with Gasteiger partial charge in [0.1, 0.15) is 5.58 Å². The molecule has 5 heteroatoms. The van der Waals surface area contributed by atoms with Gasteiger partial charge in [-0.25, -0.2) is 0 Å². The number of pyridine rings is 2. The number of rotatable bonds is 6. The number of nitrogens with zero attached hydrogens (tertiary/aromatic N) is 2. The molecule has 3 heterocycles. The molecule has 0 aliphatic rings. The molecule has 0 bridgehead atoms. The third-order valence-electron chi connectivity index (χ3n) is 8.17. The molecule has 3 aromatic heterocycles. The second-order valence-electron chi connectivity index (χ2n) is 13.3. The summed E-state index contributed by atoms with van der Waals surface area (Å²) in [7, 11) is 0. The summed E-state index contributed by atoms with van der Waals surface area (Å²) in [6, 6.07) is 41.9. The Bertz CT molecular complexity index is 2100. The van der Waals surface area contributed by atoms with Gasteiger partial charge in [0.2, 0.25) is 0 Å². The second kappa shape index (κ2) is 14.9. The molecule has 4 aromatic carbocycles. The predicted molar refractivity (Wildman–Crippen MR) is 196 cm³/mol. The van der Waals surface area contributed by atoms with Gasteiger partial charge in [-0.2, -0.15) is 0 Å². The smallest absolute Gasteiger partial charge is 0 e. The van der Waals surface area contributed by atoms with Gasteiger partial charge < -0.3 is 9.40 Å². The van der Waals surface area contributed by atoms with Gasteiger partial charge in [0.15, 0.2) is 0 Å². The molecule has 0 atom stereocenters. The van der Waals surface area contributed by atoms with Gasteiger partial charge in [-0.1, -0.05) is 90.7 Å². The molecule has 3 nitrogen and oxygen atoms in total. The van der Waals surface area contributed by atoms with Crippen molar-refractivity contribution in [1.29, 1.82) is 0 Å². The van der Waals surface area contributed by atoms with Crippen LogP contribution in [-0.2, 0) is 26.5 Å². The van der Waals surface area contributed by atoms with Crippen LogP contribution < -0.4 is 4.40 Å². The maximum atomic E-state index is 6.35. The molecular weight excluding hydrogens is 813 g/mol. The Morgan fingerprint density at radius 2 is 1.55 bits per heavy atom. The molecule has 0 spiro atoms. The molecule has 0 unspecified atom stereocenters. The third-order valence-corrected chi connectivity index (χ3v) is 12.7. The van der Waals surface area contributed by atoms with Gasteiger partial charge in [-0.15, -0.1) is 12.1 Å². The van der Waals surface area contributed by atoms with E-state index in [1.807, 2.05) is 42.6 Å². The molecule has 0 saturated heterocycles. The van der Waals surface area contributed by atoms with E-state index in [2.05, 4.69) is 133 Å². The van der Waals surface area contributed by atoms with Crippen molar-refractivity contribution >= 4 is 39.6 Å². The summed E-state index contributed by atoms with van der Waals surface area (Å²) in [6.07, 6.45) is 4.99. The Kier molecular flexibility index (Phi) is 11.0. The molecular formula is C42H40GeIrN2O-2. The minimum absolute atomic E-state index is 0. The van der Waals surface area contributed by atoms with Crippen LogP contribution in [0, 0.1) is 25.0 Å². The number of benzene rings is 4. The van der Waals surface area contributed by atoms with Crippen molar-refractivity contribution in [3.8, 4) is 33.6 Å². The van der Waals surface area contributed by atoms with Crippen LogP contribution >= 0.6 is 0 Å². The molecule has 0 amide bonds. The predicted octanol–water partition coefficient (Wildman–Crippen LogP) is 10.7. The Morgan fingerprint density at radius 1 is 0.809 bits per heavy atom. The standard InChI is InChI=1S/C27H22NO.C15H18GeN.Ir/c1-18(2)16-19-14-15-28-24(17-19)22-13-12-21(20-8-4-3-5-9-20)26-23-10-6-7-11-25(23)29-27(22)26;1-12-10-15(13-8-6-5-7-9-13)17-11-14(12)16(2,3)4;/h3-12,14-15,17-18H,16H2,1-2H3;5-8,10-11H,1-4H3;/q2*-1;. The van der Waals surface area contributed by atoms with Crippen LogP contribution in [0.25, 0.3) is 55.6 Å². The van der Waals surface area contributed by atoms with Crippen LogP contribution in [0.2, 0.25) is 17.3 Å². The Morgan fingerprint density at radius 3 is 2.26 bits per heavy atom. The first kappa shape index (κ1) is 34.5. The number of aromatic nitrogens is 2. The fraction of sp³-hybridized carbons (Fsp3) is 0.190. The maximum Gasteiger partial charge on any atom is 0 e. The number of para-hydroxylation sites is 1. The Balaban J connectivity index is 0.000000207. The van der Waals surface area contributed by atoms with Crippen LogP contribution in [0.3, 0.4) is 0 Å². The van der Waals surface area contributed by atoms with Crippen LogP contribution in [0.5, 0.6) is 0 Å². The minimum atomic E-state index is -1.77. The zero-order valence-electron chi connectivity index (χ0n) is 27.9. The number of hydrogen-bond acceptors (Lipinski definition) is 3. The van der Waals surface area contributed by atoms with Crippen molar-refractivity contribution in [2.45, 2.75) is 44.5 Å². The van der Waals surface area contributed by atoms with Gasteiger partial charge in [-0.05, 0) is 35.6 Å². The molecule has 7 aromatic rings. The van der Waals surface area contributed by atoms with E-state index in [1.54, 1.807) is 0 Å². The van der Waals surface area contributed by atoms with Crippen LogP contribution in [-0.4, -0.2) is 23.2 Å². The molecule has 239 valence electrons. The fourth-order valence-electron chi connectivity index (χ4n) is 6.06. The van der Waals surface area contributed by atoms with Crippen molar-refractivity contribution in [3.63, 3.8) is 0 Å². The normalized spacial score (nSPS) is 11.3. The third kappa shape index (κ3) is 7.84. The van der Waals surface area contributed by atoms with Crippen molar-refractivity contribution in [2.24, 2.45) is 5.92 Å². The van der Waals surface area contributed by atoms with Gasteiger partial charge in [-0.3, -0.25) is 0 Å². The molecule has 1 radical (unpaired) electrons. The molecule has 0 fully saturated rings. The molecule has 0 aliphatic carbocycles. The largest absolute Gasteiger partial charge is 0 e. The minimum Gasteiger partial charge on any atom is 0 e. The monoisotopic (exact) mass is 855 g/mol. The van der Waals surface area contributed by atoms with Crippen molar-refractivity contribution < 1.29 is 24.5 Å². The van der Waals surface area contributed by atoms with E-state index in [0.29, 0.717) is 5.92 Å². The topological polar surface area (TPSA) is 38.9 Å². The van der Waals surface area contributed by atoms with E-state index in [1.165, 1.54) is 15.5 Å². The molecule has 0 N–H and O–H groups in total. The number of hydrogen-bond donors (Lipinski definition) is 0. The number of aryl methyl sites for hydroxylation is 1. The van der Waals surface area contributed by atoms with E-state index in [0.717, 1.165) is 62.0 Å². The van der Waals surface area contributed by atoms with Crippen LogP contribution in [0.1, 0.15) is 25.0 Å². The van der Waals surface area contributed by atoms with E-state index in [9.17, 15) is 0 Å². The van der Waals surface area contributed by atoms with Crippen molar-refractivity contribution in [2.75, 3.05) is 0 Å². The fourth-order valence-corrected chi connectivity index (χ4v) is 9.64. The first-order valence-corrected chi connectivity index (χ1v) is 23.3. The van der Waals surface area contributed by atoms with Crippen molar-refractivity contribution in [3.05, 3.63) is 139 Å². The Labute approximate surface area is 295 Å². The van der Waals surface area contributed by atoms with E-state index >= 15 is 0 Å². The second-order valence-corrected chi connectivity index (χ2v) is 23.9. The first-order chi connectivity index (χ1) is 22.2. The Hall–Kier alpha value is -3.83. The average molecular weight is 854 g/mol. The zero-order valence-corrected chi connectivity index (χ0v) is 32.4. The van der Waals surface area contributed by atoms with E-state index in [-0.39, 0.29) is 20.1 Å². The van der Waals surface area contributed by atoms with Gasteiger partial charge in [0, 0.05) is 31.7 Å². The van der Waals surface area contributed by atoms with Crippen LogP contribution in [0.4, 0.5) is 0 Å². The molecule has 0 saturated carbocycles. The summed E-state index contributed by atoms with van der Waals surface area (Å²) in [6.45, 7) is 6.66. The van der Waals surface area contributed by atoms with Gasteiger partial charge in [0.05, 0.1) is 5.58 Å². The van der Waals surface area contributed by atoms with Gasteiger partial charge >= 0.3 is 106 Å². The average Bonchev–Trinajstić information content (AvgIpc) is 3.44. The number of fused-ring (bicyclic) bond motifs is 3. The SMILES string of the molecule is CC(C)Cc1ccnc(-c2[c-]cc(-c3ccccc3)c3c2oc2ccccc23)c1.Cc1cc(-c2[c-]cccc2)nc[c]1[Ge]([CH3])([CH3])[CH3].[Ir]. The molecule has 0 aliphatic heterocycles. The number of furan rings is 1. The van der Waals surface area contributed by atoms with Crippen LogP contribution in [0.15, 0.2) is 120 Å². The summed E-state index contributed by atoms with van der Waals surface area (Å²) in [4.78, 5) is 9.24. The summed E-state index contributed by atoms with van der Waals surface area (Å²) in [5, 5.41) is 2.24. The quantitative estimate of drug-likeness (QED) is 0.124. The summed E-state index contributed by atoms with van der Waals surface area (Å²) in [5.74, 6) is 7.80. The maximum absolute atomic E-state index is 6.35.